The molecule has 0 saturated carbocycles. The molecule has 196 valence electrons. The van der Waals surface area contributed by atoms with Crippen molar-refractivity contribution in [2.45, 2.75) is 0 Å². The number of nitrogens with one attached hydrogen (secondary N) is 1. The predicted molar refractivity (Wildman–Crippen MR) is 145 cm³/mol. The van der Waals surface area contributed by atoms with Crippen LogP contribution in [0.4, 0.5) is 22.7 Å². The molecule has 2 saturated heterocycles. The van der Waals surface area contributed by atoms with E-state index in [-0.39, 0.29) is 17.2 Å². The van der Waals surface area contributed by atoms with E-state index in [1.54, 1.807) is 6.07 Å². The van der Waals surface area contributed by atoms with Crippen LogP contribution in [-0.4, -0.2) is 74.1 Å². The first-order valence-electron chi connectivity index (χ1n) is 12.6. The molecule has 2 aliphatic heterocycles. The van der Waals surface area contributed by atoms with Crippen LogP contribution in [0.5, 0.6) is 0 Å². The first-order valence-corrected chi connectivity index (χ1v) is 12.6. The van der Waals surface area contributed by atoms with Crippen LogP contribution >= 0.6 is 0 Å². The van der Waals surface area contributed by atoms with Gasteiger partial charge in [0.05, 0.1) is 29.4 Å². The molecule has 0 unspecified atom stereocenters. The van der Waals surface area contributed by atoms with Crippen molar-refractivity contribution in [3.8, 4) is 0 Å². The number of rotatable bonds is 6. The van der Waals surface area contributed by atoms with E-state index in [1.807, 2.05) is 64.4 Å². The molecule has 2 amide bonds. The topological polar surface area (TPSA) is 108 Å². The maximum Gasteiger partial charge on any atom is 0.270 e. The summed E-state index contributed by atoms with van der Waals surface area (Å²) in [6.07, 6.45) is 0. The molecule has 3 aromatic rings. The molecule has 0 spiro atoms. The average Bonchev–Trinajstić information content (AvgIpc) is 2.98. The van der Waals surface area contributed by atoms with Crippen LogP contribution in [-0.2, 0) is 4.74 Å². The number of nitrogens with zero attached hydrogens (tertiary/aromatic N) is 4. The lowest BCUT2D eigenvalue weighted by Gasteiger charge is -2.36. The van der Waals surface area contributed by atoms with E-state index in [2.05, 4.69) is 10.2 Å². The Balaban J connectivity index is 1.24. The number of hydrogen-bond donors (Lipinski definition) is 1. The lowest BCUT2D eigenvalue weighted by Crippen LogP contribution is -2.48. The Morgan fingerprint density at radius 2 is 1.50 bits per heavy atom. The van der Waals surface area contributed by atoms with E-state index < -0.39 is 10.8 Å². The highest BCUT2D eigenvalue weighted by molar-refractivity contribution is 6.08. The zero-order chi connectivity index (χ0) is 26.5. The summed E-state index contributed by atoms with van der Waals surface area (Å²) in [4.78, 5) is 42.9. The summed E-state index contributed by atoms with van der Waals surface area (Å²) in [6, 6.07) is 21.2. The standard InChI is InChI=1S/C28H29N5O5/c34-27(25-20-24(33(36)37)10-11-26(25)31-16-18-38-19-17-31)29-22-6-8-23(9-7-22)30-12-14-32(15-13-30)28(35)21-4-2-1-3-5-21/h1-11,20H,12-19H2,(H,29,34). The SMILES string of the molecule is O=C(Nc1ccc(N2CCN(C(=O)c3ccccc3)CC2)cc1)c1cc([N+](=O)[O-])ccc1N1CCOCC1. The minimum atomic E-state index is -0.498. The molecule has 10 heteroatoms. The number of carbonyl (C=O) groups excluding carboxylic acids is 2. The van der Waals surface area contributed by atoms with Crippen molar-refractivity contribution in [3.05, 3.63) is 94.0 Å². The van der Waals surface area contributed by atoms with Crippen LogP contribution in [0, 0.1) is 10.1 Å². The fraction of sp³-hybridized carbons (Fsp3) is 0.286. The fourth-order valence-electron chi connectivity index (χ4n) is 4.78. The number of morpholine rings is 1. The monoisotopic (exact) mass is 515 g/mol. The summed E-state index contributed by atoms with van der Waals surface area (Å²) in [5.74, 6) is -0.364. The summed E-state index contributed by atoms with van der Waals surface area (Å²) < 4.78 is 5.40. The number of benzene rings is 3. The second-order valence-corrected chi connectivity index (χ2v) is 9.20. The van der Waals surface area contributed by atoms with Crippen molar-refractivity contribution in [1.82, 2.24) is 4.90 Å². The van der Waals surface area contributed by atoms with Gasteiger partial charge in [0.1, 0.15) is 0 Å². The van der Waals surface area contributed by atoms with Gasteiger partial charge >= 0.3 is 0 Å². The van der Waals surface area contributed by atoms with Gasteiger partial charge in [-0.05, 0) is 42.5 Å². The van der Waals surface area contributed by atoms with Crippen LogP contribution in [0.2, 0.25) is 0 Å². The molecule has 2 aliphatic rings. The zero-order valence-electron chi connectivity index (χ0n) is 20.9. The maximum absolute atomic E-state index is 13.2. The molecule has 0 atom stereocenters. The van der Waals surface area contributed by atoms with Crippen LogP contribution in [0.1, 0.15) is 20.7 Å². The first kappa shape index (κ1) is 25.2. The Hall–Kier alpha value is -4.44. The molecule has 2 heterocycles. The van der Waals surface area contributed by atoms with E-state index in [0.717, 1.165) is 5.69 Å². The number of non-ortho nitro benzene ring substituents is 1. The normalized spacial score (nSPS) is 15.7. The van der Waals surface area contributed by atoms with Crippen molar-refractivity contribution in [2.75, 3.05) is 67.6 Å². The summed E-state index contributed by atoms with van der Waals surface area (Å²) in [6.45, 7) is 4.96. The molecular weight excluding hydrogens is 486 g/mol. The quantitative estimate of drug-likeness (QED) is 0.394. The summed E-state index contributed by atoms with van der Waals surface area (Å²) in [5.41, 5.74) is 3.06. The number of nitro groups is 1. The summed E-state index contributed by atoms with van der Waals surface area (Å²) >= 11 is 0. The molecule has 2 fully saturated rings. The van der Waals surface area contributed by atoms with Gasteiger partial charge in [-0.2, -0.15) is 0 Å². The number of carbonyl (C=O) groups is 2. The molecule has 0 radical (unpaired) electrons. The summed E-state index contributed by atoms with van der Waals surface area (Å²) in [7, 11) is 0. The van der Waals surface area contributed by atoms with Crippen LogP contribution < -0.4 is 15.1 Å². The highest BCUT2D eigenvalue weighted by atomic mass is 16.6. The largest absolute Gasteiger partial charge is 0.378 e. The van der Waals surface area contributed by atoms with Gasteiger partial charge in [-0.1, -0.05) is 18.2 Å². The number of nitro benzene ring substituents is 1. The lowest BCUT2D eigenvalue weighted by atomic mass is 10.1. The lowest BCUT2D eigenvalue weighted by molar-refractivity contribution is -0.384. The zero-order valence-corrected chi connectivity index (χ0v) is 20.9. The molecule has 3 aromatic carbocycles. The first-order chi connectivity index (χ1) is 18.5. The van der Waals surface area contributed by atoms with Gasteiger partial charge in [0.15, 0.2) is 0 Å². The molecule has 0 aromatic heterocycles. The number of piperazine rings is 1. The number of amides is 2. The smallest absolute Gasteiger partial charge is 0.270 e. The second kappa shape index (κ2) is 11.3. The van der Waals surface area contributed by atoms with E-state index in [1.165, 1.54) is 12.1 Å². The second-order valence-electron chi connectivity index (χ2n) is 9.20. The molecule has 10 nitrogen and oxygen atoms in total. The fourth-order valence-corrected chi connectivity index (χ4v) is 4.78. The van der Waals surface area contributed by atoms with Gasteiger partial charge in [-0.25, -0.2) is 0 Å². The van der Waals surface area contributed by atoms with E-state index in [9.17, 15) is 19.7 Å². The Labute approximate surface area is 220 Å². The van der Waals surface area contributed by atoms with Gasteiger partial charge in [-0.3, -0.25) is 19.7 Å². The van der Waals surface area contributed by atoms with Crippen LogP contribution in [0.15, 0.2) is 72.8 Å². The van der Waals surface area contributed by atoms with Crippen LogP contribution in [0.25, 0.3) is 0 Å². The van der Waals surface area contributed by atoms with Gasteiger partial charge in [0, 0.05) is 68.3 Å². The Kier molecular flexibility index (Phi) is 7.50. The van der Waals surface area contributed by atoms with Crippen molar-refractivity contribution >= 4 is 34.6 Å². The molecule has 0 aliphatic carbocycles. The van der Waals surface area contributed by atoms with Crippen molar-refractivity contribution in [1.29, 1.82) is 0 Å². The summed E-state index contributed by atoms with van der Waals surface area (Å²) in [5, 5.41) is 14.2. The number of ether oxygens (including phenoxy) is 1. The Bertz CT molecular complexity index is 1300. The van der Waals surface area contributed by atoms with E-state index in [0.29, 0.717) is 69.4 Å². The molecule has 1 N–H and O–H groups in total. The van der Waals surface area contributed by atoms with E-state index in [4.69, 9.17) is 4.74 Å². The molecule has 0 bridgehead atoms. The Morgan fingerprint density at radius 1 is 0.816 bits per heavy atom. The van der Waals surface area contributed by atoms with Crippen molar-refractivity contribution in [2.24, 2.45) is 0 Å². The average molecular weight is 516 g/mol. The number of hydrogen-bond acceptors (Lipinski definition) is 7. The third-order valence-corrected chi connectivity index (χ3v) is 6.87. The van der Waals surface area contributed by atoms with Gasteiger partial charge in [-0.15, -0.1) is 0 Å². The van der Waals surface area contributed by atoms with Crippen LogP contribution in [0.3, 0.4) is 0 Å². The highest BCUT2D eigenvalue weighted by Gasteiger charge is 2.24. The van der Waals surface area contributed by atoms with Crippen molar-refractivity contribution in [3.63, 3.8) is 0 Å². The highest BCUT2D eigenvalue weighted by Crippen LogP contribution is 2.28. The predicted octanol–water partition coefficient (Wildman–Crippen LogP) is 3.65. The minimum absolute atomic E-state index is 0.0425. The van der Waals surface area contributed by atoms with Gasteiger partial charge in [0.2, 0.25) is 0 Å². The molecule has 38 heavy (non-hydrogen) atoms. The van der Waals surface area contributed by atoms with Gasteiger partial charge in [0.25, 0.3) is 17.5 Å². The van der Waals surface area contributed by atoms with Gasteiger partial charge < -0.3 is 24.8 Å². The minimum Gasteiger partial charge on any atom is -0.378 e. The van der Waals surface area contributed by atoms with Crippen molar-refractivity contribution < 1.29 is 19.2 Å². The third kappa shape index (κ3) is 5.60. The molecule has 5 rings (SSSR count). The third-order valence-electron chi connectivity index (χ3n) is 6.87. The number of anilines is 3. The maximum atomic E-state index is 13.2. The van der Waals surface area contributed by atoms with E-state index >= 15 is 0 Å². The molecular formula is C28H29N5O5. The Morgan fingerprint density at radius 3 is 2.16 bits per heavy atom.